The van der Waals surface area contributed by atoms with Crippen LogP contribution in [0, 0.1) is 6.92 Å². The van der Waals surface area contributed by atoms with Gasteiger partial charge in [0, 0.05) is 18.0 Å². The molecule has 0 unspecified atom stereocenters. The highest BCUT2D eigenvalue weighted by Crippen LogP contribution is 2.06. The first-order chi connectivity index (χ1) is 6.70. The minimum atomic E-state index is -0.0880. The fourth-order valence-electron chi connectivity index (χ4n) is 0.859. The number of hydrogen-bond acceptors (Lipinski definition) is 2. The lowest BCUT2D eigenvalue weighted by molar-refractivity contribution is 1.06. The number of H-pyrrole nitrogens is 2. The molecule has 1 aromatic heterocycles. The number of benzene rings is 1. The van der Waals surface area contributed by atoms with E-state index in [1.54, 1.807) is 6.20 Å². The molecule has 2 aromatic rings. The summed E-state index contributed by atoms with van der Waals surface area (Å²) in [6.07, 6.45) is 1.54. The van der Waals surface area contributed by atoms with E-state index in [9.17, 15) is 4.79 Å². The zero-order valence-electron chi connectivity index (χ0n) is 7.95. The van der Waals surface area contributed by atoms with Gasteiger partial charge in [-0.25, -0.2) is 0 Å². The van der Waals surface area contributed by atoms with E-state index in [1.165, 1.54) is 6.07 Å². The zero-order chi connectivity index (χ0) is 10.4. The molecule has 0 saturated carbocycles. The molecule has 4 nitrogen and oxygen atoms in total. The second kappa shape index (κ2) is 4.91. The zero-order valence-corrected chi connectivity index (χ0v) is 7.95. The van der Waals surface area contributed by atoms with E-state index in [1.807, 2.05) is 31.2 Å². The van der Waals surface area contributed by atoms with E-state index >= 15 is 0 Å². The molecule has 4 heteroatoms. The monoisotopic (exact) mass is 191 g/mol. The standard InChI is InChI=1S/C7H9N.C3H4N2O/c1-6-4-2-3-5-7(6)8;6-3-1-2-4-5-3/h2-5H,8H2,1H3;1-2H,(H2,4,5,6). The highest BCUT2D eigenvalue weighted by atomic mass is 16.1. The van der Waals surface area contributed by atoms with Gasteiger partial charge in [-0.3, -0.25) is 9.89 Å². The molecule has 0 atom stereocenters. The number of nitrogen functional groups attached to an aromatic ring is 1. The van der Waals surface area contributed by atoms with Gasteiger partial charge in [0.2, 0.25) is 0 Å². The van der Waals surface area contributed by atoms with Crippen molar-refractivity contribution in [3.05, 3.63) is 52.4 Å². The van der Waals surface area contributed by atoms with Crippen LogP contribution in [0.3, 0.4) is 0 Å². The Morgan fingerprint density at radius 1 is 1.21 bits per heavy atom. The van der Waals surface area contributed by atoms with Gasteiger partial charge in [-0.05, 0) is 18.6 Å². The third-order valence-corrected chi connectivity index (χ3v) is 1.70. The van der Waals surface area contributed by atoms with Gasteiger partial charge < -0.3 is 10.8 Å². The number of nitrogens with two attached hydrogens (primary N) is 1. The molecular formula is C10H13N3O. The number of nitrogens with one attached hydrogen (secondary N) is 2. The summed E-state index contributed by atoms with van der Waals surface area (Å²) in [7, 11) is 0. The van der Waals surface area contributed by atoms with Crippen molar-refractivity contribution in [1.29, 1.82) is 0 Å². The Morgan fingerprint density at radius 3 is 2.21 bits per heavy atom. The quantitative estimate of drug-likeness (QED) is 0.549. The fourth-order valence-corrected chi connectivity index (χ4v) is 0.859. The van der Waals surface area contributed by atoms with E-state index in [-0.39, 0.29) is 5.56 Å². The van der Waals surface area contributed by atoms with Crippen molar-refractivity contribution in [1.82, 2.24) is 10.2 Å². The average molecular weight is 191 g/mol. The van der Waals surface area contributed by atoms with Crippen molar-refractivity contribution in [3.63, 3.8) is 0 Å². The Bertz CT molecular complexity index is 393. The van der Waals surface area contributed by atoms with Crippen LogP contribution in [0.2, 0.25) is 0 Å². The van der Waals surface area contributed by atoms with Crippen LogP contribution < -0.4 is 11.3 Å². The minimum Gasteiger partial charge on any atom is -0.399 e. The van der Waals surface area contributed by atoms with Crippen molar-refractivity contribution >= 4 is 5.69 Å². The highest BCUT2D eigenvalue weighted by Gasteiger charge is 1.84. The molecule has 74 valence electrons. The number of hydrogen-bond donors (Lipinski definition) is 3. The van der Waals surface area contributed by atoms with Crippen LogP contribution in [-0.2, 0) is 0 Å². The third-order valence-electron chi connectivity index (χ3n) is 1.70. The first kappa shape index (κ1) is 10.1. The summed E-state index contributed by atoms with van der Waals surface area (Å²) >= 11 is 0. The third kappa shape index (κ3) is 3.18. The highest BCUT2D eigenvalue weighted by molar-refractivity contribution is 5.44. The molecule has 0 amide bonds. The molecule has 0 fully saturated rings. The van der Waals surface area contributed by atoms with Gasteiger partial charge in [0.05, 0.1) is 0 Å². The van der Waals surface area contributed by atoms with Crippen molar-refractivity contribution in [3.8, 4) is 0 Å². The molecule has 1 aromatic carbocycles. The van der Waals surface area contributed by atoms with Gasteiger partial charge in [-0.1, -0.05) is 18.2 Å². The predicted molar refractivity (Wildman–Crippen MR) is 57.0 cm³/mol. The average Bonchev–Trinajstić information content (AvgIpc) is 2.63. The molecule has 0 bridgehead atoms. The lowest BCUT2D eigenvalue weighted by atomic mass is 10.2. The molecule has 14 heavy (non-hydrogen) atoms. The van der Waals surface area contributed by atoms with Crippen LogP contribution >= 0.6 is 0 Å². The number of aromatic nitrogens is 2. The molecule has 0 aliphatic heterocycles. The van der Waals surface area contributed by atoms with E-state index in [0.29, 0.717) is 0 Å². The maximum absolute atomic E-state index is 9.98. The second-order valence-electron chi connectivity index (χ2n) is 2.82. The Kier molecular flexibility index (Phi) is 3.55. The molecule has 0 aliphatic carbocycles. The van der Waals surface area contributed by atoms with Crippen molar-refractivity contribution in [2.75, 3.05) is 5.73 Å². The molecule has 0 aliphatic rings. The van der Waals surface area contributed by atoms with E-state index in [4.69, 9.17) is 5.73 Å². The SMILES string of the molecule is Cc1ccccc1N.O=c1cc[nH][nH]1. The summed E-state index contributed by atoms with van der Waals surface area (Å²) < 4.78 is 0. The largest absolute Gasteiger partial charge is 0.399 e. The van der Waals surface area contributed by atoms with E-state index in [0.717, 1.165) is 11.3 Å². The van der Waals surface area contributed by atoms with Gasteiger partial charge >= 0.3 is 0 Å². The molecule has 0 radical (unpaired) electrons. The van der Waals surface area contributed by atoms with Crippen LogP contribution in [0.25, 0.3) is 0 Å². The number of para-hydroxylation sites is 1. The molecule has 2 rings (SSSR count). The summed E-state index contributed by atoms with van der Waals surface area (Å²) in [5.74, 6) is 0. The Balaban J connectivity index is 0.000000146. The Labute approximate surface area is 81.8 Å². The molecule has 4 N–H and O–H groups in total. The maximum atomic E-state index is 9.98. The van der Waals surface area contributed by atoms with Gasteiger partial charge in [0.25, 0.3) is 5.56 Å². The van der Waals surface area contributed by atoms with Crippen molar-refractivity contribution in [2.24, 2.45) is 0 Å². The van der Waals surface area contributed by atoms with Gasteiger partial charge in [-0.2, -0.15) is 0 Å². The van der Waals surface area contributed by atoms with Gasteiger partial charge in [-0.15, -0.1) is 0 Å². The fraction of sp³-hybridized carbons (Fsp3) is 0.100. The van der Waals surface area contributed by atoms with Crippen LogP contribution in [0.4, 0.5) is 5.69 Å². The lowest BCUT2D eigenvalue weighted by Crippen LogP contribution is -1.93. The van der Waals surface area contributed by atoms with Crippen molar-refractivity contribution in [2.45, 2.75) is 6.92 Å². The summed E-state index contributed by atoms with van der Waals surface area (Å²) in [5, 5.41) is 4.81. The minimum absolute atomic E-state index is 0.0880. The first-order valence-electron chi connectivity index (χ1n) is 4.23. The lowest BCUT2D eigenvalue weighted by Gasteiger charge is -1.93. The summed E-state index contributed by atoms with van der Waals surface area (Å²) in [5.41, 5.74) is 7.45. The maximum Gasteiger partial charge on any atom is 0.263 e. The predicted octanol–water partition coefficient (Wildman–Crippen LogP) is 1.28. The molecule has 0 saturated heterocycles. The Morgan fingerprint density at radius 2 is 1.93 bits per heavy atom. The Hall–Kier alpha value is -1.97. The summed E-state index contributed by atoms with van der Waals surface area (Å²) in [6.45, 7) is 2.00. The number of aryl methyl sites for hydroxylation is 1. The number of aromatic amines is 2. The first-order valence-corrected chi connectivity index (χ1v) is 4.23. The molecule has 1 heterocycles. The van der Waals surface area contributed by atoms with Crippen LogP contribution in [-0.4, -0.2) is 10.2 Å². The summed E-state index contributed by atoms with van der Waals surface area (Å²) in [4.78, 5) is 9.98. The smallest absolute Gasteiger partial charge is 0.263 e. The second-order valence-corrected chi connectivity index (χ2v) is 2.82. The van der Waals surface area contributed by atoms with Crippen molar-refractivity contribution < 1.29 is 0 Å². The van der Waals surface area contributed by atoms with E-state index in [2.05, 4.69) is 10.2 Å². The van der Waals surface area contributed by atoms with Crippen LogP contribution in [0.1, 0.15) is 5.56 Å². The molecule has 0 spiro atoms. The number of anilines is 1. The normalized spacial score (nSPS) is 8.93. The summed E-state index contributed by atoms with van der Waals surface area (Å²) in [6, 6.07) is 9.22. The van der Waals surface area contributed by atoms with Gasteiger partial charge in [0.15, 0.2) is 0 Å². The van der Waals surface area contributed by atoms with Gasteiger partial charge in [0.1, 0.15) is 0 Å². The van der Waals surface area contributed by atoms with Crippen LogP contribution in [0.15, 0.2) is 41.3 Å². The molecular weight excluding hydrogens is 178 g/mol. The number of rotatable bonds is 0. The van der Waals surface area contributed by atoms with Crippen LogP contribution in [0.5, 0.6) is 0 Å². The van der Waals surface area contributed by atoms with E-state index < -0.39 is 0 Å². The topological polar surface area (TPSA) is 74.7 Å².